The van der Waals surface area contributed by atoms with Crippen LogP contribution >= 0.6 is 0 Å². The molecule has 5 heteroatoms. The summed E-state index contributed by atoms with van der Waals surface area (Å²) in [5.41, 5.74) is 2.02. The average Bonchev–Trinajstić information content (AvgIpc) is 2.79. The van der Waals surface area contributed by atoms with Crippen molar-refractivity contribution >= 4 is 11.9 Å². The van der Waals surface area contributed by atoms with Crippen LogP contribution in [0.2, 0.25) is 0 Å². The molecule has 1 fully saturated rings. The predicted octanol–water partition coefficient (Wildman–Crippen LogP) is 1.36. The van der Waals surface area contributed by atoms with E-state index in [1.54, 1.807) is 7.11 Å². The third kappa shape index (κ3) is 3.32. The van der Waals surface area contributed by atoms with Crippen LogP contribution in [0.15, 0.2) is 29.3 Å². The first kappa shape index (κ1) is 13.5. The number of carbonyl (C=O) groups excluding carboxylic acids is 1. The van der Waals surface area contributed by atoms with Crippen LogP contribution in [0.5, 0.6) is 0 Å². The molecule has 0 bridgehead atoms. The van der Waals surface area contributed by atoms with Crippen molar-refractivity contribution in [3.8, 4) is 0 Å². The van der Waals surface area contributed by atoms with Crippen molar-refractivity contribution in [1.82, 2.24) is 10.6 Å². The van der Waals surface area contributed by atoms with Crippen molar-refractivity contribution in [3.05, 3.63) is 35.4 Å². The number of aliphatic imine (C=N–C) groups is 1. The zero-order valence-corrected chi connectivity index (χ0v) is 11.3. The van der Waals surface area contributed by atoms with Crippen molar-refractivity contribution in [2.24, 2.45) is 4.99 Å². The normalized spacial score (nSPS) is 20.4. The Balaban J connectivity index is 2.07. The fourth-order valence-electron chi connectivity index (χ4n) is 1.94. The van der Waals surface area contributed by atoms with Crippen molar-refractivity contribution in [2.75, 3.05) is 13.7 Å². The lowest BCUT2D eigenvalue weighted by molar-refractivity contribution is -0.120. The molecule has 19 heavy (non-hydrogen) atoms. The number of benzene rings is 1. The molecule has 1 unspecified atom stereocenters. The first-order valence-corrected chi connectivity index (χ1v) is 6.44. The highest BCUT2D eigenvalue weighted by Gasteiger charge is 2.29. The van der Waals surface area contributed by atoms with Gasteiger partial charge < -0.3 is 10.1 Å². The second-order valence-electron chi connectivity index (χ2n) is 4.47. The number of hydrogen-bond acceptors (Lipinski definition) is 3. The van der Waals surface area contributed by atoms with E-state index in [0.717, 1.165) is 17.5 Å². The van der Waals surface area contributed by atoms with E-state index >= 15 is 0 Å². The number of hydrogen-bond donors (Lipinski definition) is 2. The molecule has 5 nitrogen and oxygen atoms in total. The summed E-state index contributed by atoms with van der Waals surface area (Å²) in [6, 6.07) is 7.46. The molecule has 0 aliphatic carbocycles. The van der Waals surface area contributed by atoms with Gasteiger partial charge >= 0.3 is 0 Å². The minimum absolute atomic E-state index is 0.0608. The number of carbonyl (C=O) groups is 1. The van der Waals surface area contributed by atoms with Crippen molar-refractivity contribution in [2.45, 2.75) is 26.0 Å². The molecular weight excluding hydrogens is 242 g/mol. The van der Waals surface area contributed by atoms with Crippen LogP contribution in [-0.4, -0.2) is 25.5 Å². The predicted molar refractivity (Wildman–Crippen MR) is 73.8 cm³/mol. The Morgan fingerprint density at radius 2 is 2.05 bits per heavy atom. The zero-order chi connectivity index (χ0) is 13.7. The molecule has 0 radical (unpaired) electrons. The summed E-state index contributed by atoms with van der Waals surface area (Å²) in [6.45, 7) is 3.34. The lowest BCUT2D eigenvalue weighted by Crippen LogP contribution is -2.25. The number of guanidine groups is 1. The maximum absolute atomic E-state index is 11.9. The van der Waals surface area contributed by atoms with Gasteiger partial charge in [-0.3, -0.25) is 15.1 Å². The van der Waals surface area contributed by atoms with E-state index in [9.17, 15) is 4.79 Å². The third-order valence-electron chi connectivity index (χ3n) is 2.90. The Morgan fingerprint density at radius 3 is 2.68 bits per heavy atom. The van der Waals surface area contributed by atoms with Crippen molar-refractivity contribution < 1.29 is 9.53 Å². The minimum atomic E-state index is -0.354. The number of nitrogens with zero attached hydrogens (tertiary/aromatic N) is 1. The topological polar surface area (TPSA) is 62.7 Å². The minimum Gasteiger partial charge on any atom is -0.380 e. The van der Waals surface area contributed by atoms with Gasteiger partial charge in [-0.1, -0.05) is 31.2 Å². The van der Waals surface area contributed by atoms with Gasteiger partial charge in [0, 0.05) is 13.7 Å². The third-order valence-corrected chi connectivity index (χ3v) is 2.90. The summed E-state index contributed by atoms with van der Waals surface area (Å²) in [6.07, 6.45) is 0.956. The highest BCUT2D eigenvalue weighted by atomic mass is 16.5. The Kier molecular flexibility index (Phi) is 4.52. The van der Waals surface area contributed by atoms with Gasteiger partial charge in [-0.2, -0.15) is 0 Å². The first-order valence-electron chi connectivity index (χ1n) is 6.44. The van der Waals surface area contributed by atoms with Gasteiger partial charge in [-0.25, -0.2) is 0 Å². The molecule has 102 valence electrons. The zero-order valence-electron chi connectivity index (χ0n) is 11.3. The number of nitrogens with one attached hydrogen (secondary N) is 2. The molecule has 1 aromatic carbocycles. The van der Waals surface area contributed by atoms with E-state index in [2.05, 4.69) is 15.6 Å². The van der Waals surface area contributed by atoms with Crippen LogP contribution in [0.25, 0.3) is 0 Å². The monoisotopic (exact) mass is 261 g/mol. The molecule has 1 aliphatic heterocycles. The van der Waals surface area contributed by atoms with Gasteiger partial charge in [0.2, 0.25) is 0 Å². The Morgan fingerprint density at radius 1 is 1.32 bits per heavy atom. The molecule has 1 aromatic rings. The molecule has 2 N–H and O–H groups in total. The fourth-order valence-corrected chi connectivity index (χ4v) is 1.94. The van der Waals surface area contributed by atoms with Crippen LogP contribution in [0, 0.1) is 0 Å². The Bertz CT molecular complexity index is 468. The van der Waals surface area contributed by atoms with E-state index in [4.69, 9.17) is 4.74 Å². The lowest BCUT2D eigenvalue weighted by Gasteiger charge is -2.09. The van der Waals surface area contributed by atoms with Crippen molar-refractivity contribution in [3.63, 3.8) is 0 Å². The van der Waals surface area contributed by atoms with Gasteiger partial charge in [-0.05, 0) is 17.5 Å². The summed E-state index contributed by atoms with van der Waals surface area (Å²) >= 11 is 0. The van der Waals surface area contributed by atoms with Crippen LogP contribution < -0.4 is 10.6 Å². The van der Waals surface area contributed by atoms with E-state index in [-0.39, 0.29) is 11.9 Å². The molecule has 0 spiro atoms. The maximum Gasteiger partial charge on any atom is 0.253 e. The average molecular weight is 261 g/mol. The van der Waals surface area contributed by atoms with E-state index in [1.165, 1.54) is 0 Å². The van der Waals surface area contributed by atoms with Gasteiger partial charge in [0.1, 0.15) is 6.04 Å². The summed E-state index contributed by atoms with van der Waals surface area (Å²) < 4.78 is 5.06. The molecular formula is C14H19N3O2. The second kappa shape index (κ2) is 6.33. The number of amides is 1. The Hall–Kier alpha value is -1.88. The molecule has 1 heterocycles. The van der Waals surface area contributed by atoms with Gasteiger partial charge in [-0.15, -0.1) is 0 Å². The standard InChI is InChI=1S/C14H19N3O2/c1-3-8-15-14-16-12(13(18)17-14)11-6-4-10(5-7-11)9-19-2/h4-7,12H,3,8-9H2,1-2H3,(H2,15,16,17,18). The van der Waals surface area contributed by atoms with Crippen LogP contribution in [0.3, 0.4) is 0 Å². The Labute approximate surface area is 113 Å². The summed E-state index contributed by atoms with van der Waals surface area (Å²) in [5.74, 6) is 0.507. The van der Waals surface area contributed by atoms with Gasteiger partial charge in [0.05, 0.1) is 6.61 Å². The summed E-state index contributed by atoms with van der Waals surface area (Å²) in [4.78, 5) is 16.1. The fraction of sp³-hybridized carbons (Fsp3) is 0.429. The SMILES string of the molecule is CCCN=C1NC(=O)C(c2ccc(COC)cc2)N1. The highest BCUT2D eigenvalue weighted by molar-refractivity contribution is 6.06. The second-order valence-corrected chi connectivity index (χ2v) is 4.47. The molecule has 1 aliphatic rings. The number of rotatable bonds is 5. The van der Waals surface area contributed by atoms with E-state index < -0.39 is 0 Å². The van der Waals surface area contributed by atoms with Crippen LogP contribution in [0.4, 0.5) is 0 Å². The van der Waals surface area contributed by atoms with Gasteiger partial charge in [0.25, 0.3) is 5.91 Å². The summed E-state index contributed by atoms with van der Waals surface area (Å²) in [5, 5.41) is 5.85. The van der Waals surface area contributed by atoms with Gasteiger partial charge in [0.15, 0.2) is 5.96 Å². The molecule has 2 rings (SSSR count). The molecule has 0 saturated carbocycles. The van der Waals surface area contributed by atoms with Crippen LogP contribution in [0.1, 0.15) is 30.5 Å². The van der Waals surface area contributed by atoms with Crippen molar-refractivity contribution in [1.29, 1.82) is 0 Å². The maximum atomic E-state index is 11.9. The molecule has 1 amide bonds. The smallest absolute Gasteiger partial charge is 0.253 e. The number of methoxy groups -OCH3 is 1. The molecule has 1 saturated heterocycles. The van der Waals surface area contributed by atoms with Crippen LogP contribution in [-0.2, 0) is 16.1 Å². The van der Waals surface area contributed by atoms with E-state index in [0.29, 0.717) is 19.1 Å². The number of ether oxygens (including phenoxy) is 1. The highest BCUT2D eigenvalue weighted by Crippen LogP contribution is 2.17. The molecule has 1 atom stereocenters. The quantitative estimate of drug-likeness (QED) is 0.841. The first-order chi connectivity index (χ1) is 9.24. The largest absolute Gasteiger partial charge is 0.380 e. The summed E-state index contributed by atoms with van der Waals surface area (Å²) in [7, 11) is 1.66. The lowest BCUT2D eigenvalue weighted by atomic mass is 10.1. The molecule has 0 aromatic heterocycles. The van der Waals surface area contributed by atoms with E-state index in [1.807, 2.05) is 31.2 Å².